The maximum atomic E-state index is 13.7. The van der Waals surface area contributed by atoms with Crippen molar-refractivity contribution >= 4 is 56.5 Å². The molecule has 1 aliphatic rings. The van der Waals surface area contributed by atoms with Crippen LogP contribution in [0.4, 0.5) is 24.5 Å². The predicted molar refractivity (Wildman–Crippen MR) is 107 cm³/mol. The summed E-state index contributed by atoms with van der Waals surface area (Å²) in [5, 5.41) is 2.45. The molecular weight excluding hydrogens is 423 g/mol. The molecule has 1 atom stereocenters. The fourth-order valence-electron chi connectivity index (χ4n) is 3.10. The minimum atomic E-state index is -4.75. The van der Waals surface area contributed by atoms with E-state index in [1.807, 2.05) is 24.3 Å². The molecule has 29 heavy (non-hydrogen) atoms. The largest absolute Gasteiger partial charge is 0.409 e. The zero-order chi connectivity index (χ0) is 20.6. The summed E-state index contributed by atoms with van der Waals surface area (Å²) >= 11 is 2.46. The molecule has 0 aliphatic carbocycles. The quantitative estimate of drug-likeness (QED) is 0.604. The van der Waals surface area contributed by atoms with Gasteiger partial charge in [-0.1, -0.05) is 36.0 Å². The van der Waals surface area contributed by atoms with Crippen LogP contribution >= 0.6 is 23.1 Å². The highest BCUT2D eigenvalue weighted by molar-refractivity contribution is 8.01. The lowest BCUT2D eigenvalue weighted by atomic mass is 10.1. The Kier molecular flexibility index (Phi) is 5.22. The molecule has 4 rings (SSSR count). The van der Waals surface area contributed by atoms with E-state index in [-0.39, 0.29) is 17.1 Å². The summed E-state index contributed by atoms with van der Waals surface area (Å²) < 4.78 is 42.7. The monoisotopic (exact) mass is 437 g/mol. The van der Waals surface area contributed by atoms with Crippen LogP contribution < -0.4 is 10.2 Å². The number of nitrogens with one attached hydrogen (secondary N) is 1. The first kappa shape index (κ1) is 19.7. The Morgan fingerprint density at radius 1 is 1.21 bits per heavy atom. The summed E-state index contributed by atoms with van der Waals surface area (Å²) in [7, 11) is 0. The molecule has 1 aliphatic heterocycles. The first-order valence-corrected chi connectivity index (χ1v) is 10.4. The van der Waals surface area contributed by atoms with Crippen molar-refractivity contribution in [1.82, 2.24) is 4.98 Å². The van der Waals surface area contributed by atoms with Crippen molar-refractivity contribution in [3.63, 3.8) is 0 Å². The van der Waals surface area contributed by atoms with Crippen molar-refractivity contribution in [1.29, 1.82) is 0 Å². The fourth-order valence-corrected chi connectivity index (χ4v) is 5.03. The van der Waals surface area contributed by atoms with Gasteiger partial charge in [-0.2, -0.15) is 13.2 Å². The zero-order valence-electron chi connectivity index (χ0n) is 14.8. The maximum absolute atomic E-state index is 13.7. The number of hydrogen-bond donors (Lipinski definition) is 1. The van der Waals surface area contributed by atoms with E-state index in [4.69, 9.17) is 0 Å². The number of halogens is 3. The molecule has 2 heterocycles. The standard InChI is InChI=1S/C19H14F3N3O2S2/c20-19(21,22)15-9-16(26)23-11-5-1-3-7-13(11)25(15)17(27)10-28-18-24-12-6-2-4-8-14(12)29-18/h1-8,15H,9-10H2,(H,23,26)/t15-/m1/s1. The van der Waals surface area contributed by atoms with Crippen LogP contribution in [0.3, 0.4) is 0 Å². The van der Waals surface area contributed by atoms with Gasteiger partial charge in [0.25, 0.3) is 0 Å². The van der Waals surface area contributed by atoms with Gasteiger partial charge in [0, 0.05) is 0 Å². The smallest absolute Gasteiger partial charge is 0.324 e. The van der Waals surface area contributed by atoms with Gasteiger partial charge in [0.05, 0.1) is 33.8 Å². The van der Waals surface area contributed by atoms with Crippen molar-refractivity contribution in [3.05, 3.63) is 48.5 Å². The number of anilines is 2. The van der Waals surface area contributed by atoms with E-state index in [1.165, 1.54) is 29.5 Å². The molecule has 3 aromatic rings. The van der Waals surface area contributed by atoms with Gasteiger partial charge in [-0.15, -0.1) is 11.3 Å². The van der Waals surface area contributed by atoms with E-state index < -0.39 is 30.5 Å². The number of nitrogens with zero attached hydrogens (tertiary/aromatic N) is 2. The fraction of sp³-hybridized carbons (Fsp3) is 0.211. The molecule has 2 amide bonds. The SMILES string of the molecule is O=C1C[C@H](C(F)(F)F)N(C(=O)CSc2nc3ccccc3s2)c2ccccc2N1. The molecule has 5 nitrogen and oxygen atoms in total. The second-order valence-corrected chi connectivity index (χ2v) is 8.58. The number of para-hydroxylation sites is 3. The van der Waals surface area contributed by atoms with Crippen molar-refractivity contribution in [2.24, 2.45) is 0 Å². The third-order valence-corrected chi connectivity index (χ3v) is 6.53. The number of benzene rings is 2. The lowest BCUT2D eigenvalue weighted by Crippen LogP contribution is -2.50. The minimum absolute atomic E-state index is 0.0376. The number of alkyl halides is 3. The van der Waals surface area contributed by atoms with Crippen LogP contribution in [0.5, 0.6) is 0 Å². The summed E-state index contributed by atoms with van der Waals surface area (Å²) in [5.41, 5.74) is 0.994. The van der Waals surface area contributed by atoms with Gasteiger partial charge in [-0.25, -0.2) is 4.98 Å². The molecule has 0 fully saturated rings. The summed E-state index contributed by atoms with van der Waals surface area (Å²) in [6.07, 6.45) is -5.60. The number of fused-ring (bicyclic) bond motifs is 2. The highest BCUT2D eigenvalue weighted by Crippen LogP contribution is 2.38. The van der Waals surface area contributed by atoms with Gasteiger partial charge in [0.15, 0.2) is 4.34 Å². The third kappa shape index (κ3) is 4.08. The first-order valence-electron chi connectivity index (χ1n) is 8.59. The van der Waals surface area contributed by atoms with Gasteiger partial charge < -0.3 is 5.32 Å². The highest BCUT2D eigenvalue weighted by atomic mass is 32.2. The van der Waals surface area contributed by atoms with Crippen LogP contribution in [0.1, 0.15) is 6.42 Å². The Morgan fingerprint density at radius 3 is 2.69 bits per heavy atom. The Balaban J connectivity index is 1.63. The van der Waals surface area contributed by atoms with Crippen molar-refractivity contribution in [3.8, 4) is 0 Å². The predicted octanol–water partition coefficient (Wildman–Crippen LogP) is 4.69. The topological polar surface area (TPSA) is 62.3 Å². The van der Waals surface area contributed by atoms with Gasteiger partial charge >= 0.3 is 6.18 Å². The van der Waals surface area contributed by atoms with Crippen LogP contribution in [0.15, 0.2) is 52.9 Å². The van der Waals surface area contributed by atoms with Gasteiger partial charge in [-0.3, -0.25) is 14.5 Å². The molecule has 2 aromatic carbocycles. The number of hydrogen-bond acceptors (Lipinski definition) is 5. The first-order chi connectivity index (χ1) is 13.8. The van der Waals surface area contributed by atoms with E-state index >= 15 is 0 Å². The molecule has 0 bridgehead atoms. The Bertz CT molecular complexity index is 1050. The molecule has 0 saturated carbocycles. The number of thiazole rings is 1. The van der Waals surface area contributed by atoms with Crippen molar-refractivity contribution < 1.29 is 22.8 Å². The zero-order valence-corrected chi connectivity index (χ0v) is 16.4. The number of carbonyl (C=O) groups excluding carboxylic acids is 2. The Morgan fingerprint density at radius 2 is 1.93 bits per heavy atom. The molecule has 10 heteroatoms. The second-order valence-electron chi connectivity index (χ2n) is 6.33. The van der Waals surface area contributed by atoms with Gasteiger partial charge in [0.2, 0.25) is 11.8 Å². The van der Waals surface area contributed by atoms with E-state index in [9.17, 15) is 22.8 Å². The normalized spacial score (nSPS) is 17.0. The van der Waals surface area contributed by atoms with Crippen LogP contribution in [0.25, 0.3) is 10.2 Å². The average Bonchev–Trinajstić information content (AvgIpc) is 3.02. The summed E-state index contributed by atoms with van der Waals surface area (Å²) in [6, 6.07) is 11.2. The van der Waals surface area contributed by atoms with E-state index in [0.717, 1.165) is 22.0 Å². The summed E-state index contributed by atoms with van der Waals surface area (Å²) in [5.74, 6) is -1.75. The van der Waals surface area contributed by atoms with Crippen LogP contribution in [-0.4, -0.2) is 34.8 Å². The summed E-state index contributed by atoms with van der Waals surface area (Å²) in [4.78, 5) is 30.0. The molecule has 150 valence electrons. The molecule has 1 N–H and O–H groups in total. The van der Waals surface area contributed by atoms with Gasteiger partial charge in [0.1, 0.15) is 6.04 Å². The van der Waals surface area contributed by atoms with Crippen LogP contribution in [-0.2, 0) is 9.59 Å². The maximum Gasteiger partial charge on any atom is 0.409 e. The van der Waals surface area contributed by atoms with E-state index in [1.54, 1.807) is 6.07 Å². The lowest BCUT2D eigenvalue weighted by Gasteiger charge is -2.31. The number of carbonyl (C=O) groups is 2. The molecule has 0 radical (unpaired) electrons. The lowest BCUT2D eigenvalue weighted by molar-refractivity contribution is -0.157. The number of aromatic nitrogens is 1. The number of amides is 2. The highest BCUT2D eigenvalue weighted by Gasteiger charge is 2.48. The average molecular weight is 437 g/mol. The minimum Gasteiger partial charge on any atom is -0.324 e. The van der Waals surface area contributed by atoms with E-state index in [0.29, 0.717) is 9.24 Å². The van der Waals surface area contributed by atoms with Crippen molar-refractivity contribution in [2.45, 2.75) is 23.0 Å². The van der Waals surface area contributed by atoms with E-state index in [2.05, 4.69) is 10.3 Å². The summed E-state index contributed by atoms with van der Waals surface area (Å²) in [6.45, 7) is 0. The number of rotatable bonds is 3. The molecule has 1 aromatic heterocycles. The third-order valence-electron chi connectivity index (χ3n) is 4.37. The Labute approximate surface area is 171 Å². The Hall–Kier alpha value is -2.59. The van der Waals surface area contributed by atoms with Gasteiger partial charge in [-0.05, 0) is 24.3 Å². The number of thioether (sulfide) groups is 1. The molecule has 0 unspecified atom stereocenters. The molecular formula is C19H14F3N3O2S2. The second kappa shape index (κ2) is 7.68. The molecule has 0 saturated heterocycles. The van der Waals surface area contributed by atoms with Crippen LogP contribution in [0, 0.1) is 0 Å². The van der Waals surface area contributed by atoms with Crippen molar-refractivity contribution in [2.75, 3.05) is 16.0 Å². The van der Waals surface area contributed by atoms with Crippen LogP contribution in [0.2, 0.25) is 0 Å². The molecule has 0 spiro atoms.